The van der Waals surface area contributed by atoms with Crippen molar-refractivity contribution >= 4 is 0 Å². The van der Waals surface area contributed by atoms with Crippen molar-refractivity contribution in [2.24, 2.45) is 5.92 Å². The Kier molecular flexibility index (Phi) is 7.87. The average Bonchev–Trinajstić information content (AvgIpc) is 2.31. The van der Waals surface area contributed by atoms with Crippen molar-refractivity contribution in [3.63, 3.8) is 0 Å². The van der Waals surface area contributed by atoms with E-state index in [1.807, 2.05) is 0 Å². The van der Waals surface area contributed by atoms with Crippen molar-refractivity contribution in [2.45, 2.75) is 59.0 Å². The Morgan fingerprint density at radius 3 is 2.78 bits per heavy atom. The molecule has 0 amide bonds. The molecular formula is C15H32N2O. The van der Waals surface area contributed by atoms with Crippen LogP contribution in [0.25, 0.3) is 0 Å². The third-order valence-electron chi connectivity index (χ3n) is 3.69. The molecular weight excluding hydrogens is 224 g/mol. The van der Waals surface area contributed by atoms with Gasteiger partial charge in [0.25, 0.3) is 0 Å². The van der Waals surface area contributed by atoms with Gasteiger partial charge in [-0.3, -0.25) is 0 Å². The van der Waals surface area contributed by atoms with Gasteiger partial charge in [0.1, 0.15) is 0 Å². The van der Waals surface area contributed by atoms with Crippen molar-refractivity contribution in [3.05, 3.63) is 0 Å². The fourth-order valence-electron chi connectivity index (χ4n) is 2.72. The highest BCUT2D eigenvalue weighted by molar-refractivity contribution is 4.82. The molecule has 1 N–H and O–H groups in total. The second kappa shape index (κ2) is 8.89. The fourth-order valence-corrected chi connectivity index (χ4v) is 2.72. The lowest BCUT2D eigenvalue weighted by Crippen LogP contribution is -2.47. The first-order valence-corrected chi connectivity index (χ1v) is 7.68. The Morgan fingerprint density at radius 2 is 2.17 bits per heavy atom. The standard InChI is InChI=1S/C15H32N2O/c1-5-16-15-7-9-17(14(4)11-15)8-6-10-18-12-13(2)3/h13-16H,5-12H2,1-4H3. The Labute approximate surface area is 113 Å². The molecule has 0 bridgehead atoms. The van der Waals surface area contributed by atoms with Crippen LogP contribution in [0.15, 0.2) is 0 Å². The molecule has 1 rings (SSSR count). The van der Waals surface area contributed by atoms with E-state index in [1.54, 1.807) is 0 Å². The van der Waals surface area contributed by atoms with Gasteiger partial charge in [-0.1, -0.05) is 20.8 Å². The molecule has 108 valence electrons. The quantitative estimate of drug-likeness (QED) is 0.675. The molecule has 0 aromatic carbocycles. The van der Waals surface area contributed by atoms with Gasteiger partial charge < -0.3 is 15.0 Å². The Hall–Kier alpha value is -0.120. The van der Waals surface area contributed by atoms with E-state index in [0.29, 0.717) is 12.0 Å². The van der Waals surface area contributed by atoms with E-state index < -0.39 is 0 Å². The second-order valence-electron chi connectivity index (χ2n) is 5.99. The minimum atomic E-state index is 0.653. The maximum absolute atomic E-state index is 5.64. The van der Waals surface area contributed by atoms with Crippen molar-refractivity contribution in [3.8, 4) is 0 Å². The van der Waals surface area contributed by atoms with Crippen LogP contribution < -0.4 is 5.32 Å². The van der Waals surface area contributed by atoms with Crippen LogP contribution in [-0.2, 0) is 4.74 Å². The molecule has 18 heavy (non-hydrogen) atoms. The third kappa shape index (κ3) is 6.17. The molecule has 2 unspecified atom stereocenters. The van der Waals surface area contributed by atoms with Gasteiger partial charge in [-0.2, -0.15) is 0 Å². The predicted octanol–water partition coefficient (Wildman–Crippen LogP) is 2.51. The van der Waals surface area contributed by atoms with E-state index in [0.717, 1.165) is 25.8 Å². The van der Waals surface area contributed by atoms with Gasteiger partial charge in [-0.15, -0.1) is 0 Å². The number of piperidine rings is 1. The number of nitrogens with one attached hydrogen (secondary N) is 1. The van der Waals surface area contributed by atoms with Crippen LogP contribution in [0.1, 0.15) is 47.0 Å². The lowest BCUT2D eigenvalue weighted by molar-refractivity contribution is 0.0833. The zero-order chi connectivity index (χ0) is 13.4. The average molecular weight is 256 g/mol. The predicted molar refractivity (Wildman–Crippen MR) is 78.0 cm³/mol. The topological polar surface area (TPSA) is 24.5 Å². The van der Waals surface area contributed by atoms with Gasteiger partial charge >= 0.3 is 0 Å². The van der Waals surface area contributed by atoms with E-state index in [9.17, 15) is 0 Å². The highest BCUT2D eigenvalue weighted by Crippen LogP contribution is 2.17. The molecule has 3 nitrogen and oxygen atoms in total. The van der Waals surface area contributed by atoms with Crippen molar-refractivity contribution in [1.29, 1.82) is 0 Å². The second-order valence-corrected chi connectivity index (χ2v) is 5.99. The number of rotatable bonds is 8. The van der Waals surface area contributed by atoms with E-state index in [4.69, 9.17) is 4.74 Å². The Morgan fingerprint density at radius 1 is 1.39 bits per heavy atom. The van der Waals surface area contributed by atoms with Crippen LogP contribution in [0.2, 0.25) is 0 Å². The Bertz CT molecular complexity index is 209. The maximum atomic E-state index is 5.64. The number of nitrogens with zero attached hydrogens (tertiary/aromatic N) is 1. The number of hydrogen-bond donors (Lipinski definition) is 1. The lowest BCUT2D eigenvalue weighted by atomic mass is 9.98. The molecule has 1 heterocycles. The van der Waals surface area contributed by atoms with Crippen LogP contribution in [0.4, 0.5) is 0 Å². The summed E-state index contributed by atoms with van der Waals surface area (Å²) in [6.45, 7) is 14.3. The minimum Gasteiger partial charge on any atom is -0.381 e. The summed E-state index contributed by atoms with van der Waals surface area (Å²) < 4.78 is 5.64. The molecule has 0 aliphatic carbocycles. The molecule has 1 saturated heterocycles. The summed E-state index contributed by atoms with van der Waals surface area (Å²) in [6.07, 6.45) is 3.76. The van der Waals surface area contributed by atoms with Gasteiger partial charge in [0.2, 0.25) is 0 Å². The summed E-state index contributed by atoms with van der Waals surface area (Å²) in [5, 5.41) is 3.57. The molecule has 1 fully saturated rings. The lowest BCUT2D eigenvalue weighted by Gasteiger charge is -2.38. The molecule has 0 radical (unpaired) electrons. The summed E-state index contributed by atoms with van der Waals surface area (Å²) in [5.41, 5.74) is 0. The molecule has 2 atom stereocenters. The fraction of sp³-hybridized carbons (Fsp3) is 1.00. The van der Waals surface area contributed by atoms with Gasteiger partial charge in [0, 0.05) is 31.8 Å². The first kappa shape index (κ1) is 15.9. The van der Waals surface area contributed by atoms with Gasteiger partial charge in [-0.25, -0.2) is 0 Å². The number of hydrogen-bond acceptors (Lipinski definition) is 3. The largest absolute Gasteiger partial charge is 0.381 e. The molecule has 1 aliphatic heterocycles. The zero-order valence-corrected chi connectivity index (χ0v) is 12.7. The van der Waals surface area contributed by atoms with E-state index in [2.05, 4.69) is 37.9 Å². The van der Waals surface area contributed by atoms with Gasteiger partial charge in [0.05, 0.1) is 0 Å². The van der Waals surface area contributed by atoms with Gasteiger partial charge in [-0.05, 0) is 45.2 Å². The molecule has 0 aromatic heterocycles. The Balaban J connectivity index is 2.08. The SMILES string of the molecule is CCNC1CCN(CCCOCC(C)C)C(C)C1. The zero-order valence-electron chi connectivity index (χ0n) is 12.7. The molecule has 3 heteroatoms. The summed E-state index contributed by atoms with van der Waals surface area (Å²) in [5.74, 6) is 0.653. The summed E-state index contributed by atoms with van der Waals surface area (Å²) >= 11 is 0. The van der Waals surface area contributed by atoms with Crippen LogP contribution in [0.5, 0.6) is 0 Å². The van der Waals surface area contributed by atoms with Gasteiger partial charge in [0.15, 0.2) is 0 Å². The highest BCUT2D eigenvalue weighted by Gasteiger charge is 2.23. The van der Waals surface area contributed by atoms with Crippen LogP contribution >= 0.6 is 0 Å². The van der Waals surface area contributed by atoms with Crippen LogP contribution in [0.3, 0.4) is 0 Å². The van der Waals surface area contributed by atoms with Crippen LogP contribution in [-0.4, -0.2) is 49.8 Å². The summed E-state index contributed by atoms with van der Waals surface area (Å²) in [4.78, 5) is 2.62. The van der Waals surface area contributed by atoms with Crippen LogP contribution in [0, 0.1) is 5.92 Å². The molecule has 1 aliphatic rings. The third-order valence-corrected chi connectivity index (χ3v) is 3.69. The van der Waals surface area contributed by atoms with Crippen molar-refractivity contribution < 1.29 is 4.74 Å². The van der Waals surface area contributed by atoms with Crippen molar-refractivity contribution in [2.75, 3.05) is 32.8 Å². The molecule has 0 saturated carbocycles. The molecule has 0 spiro atoms. The number of likely N-dealkylation sites (tertiary alicyclic amines) is 1. The summed E-state index contributed by atoms with van der Waals surface area (Å²) in [7, 11) is 0. The van der Waals surface area contributed by atoms with Crippen molar-refractivity contribution in [1.82, 2.24) is 10.2 Å². The summed E-state index contributed by atoms with van der Waals surface area (Å²) in [6, 6.07) is 1.45. The van der Waals surface area contributed by atoms with E-state index >= 15 is 0 Å². The minimum absolute atomic E-state index is 0.653. The smallest absolute Gasteiger partial charge is 0.0489 e. The monoisotopic (exact) mass is 256 g/mol. The first-order valence-electron chi connectivity index (χ1n) is 7.68. The normalized spacial score (nSPS) is 25.8. The van der Waals surface area contributed by atoms with E-state index in [-0.39, 0.29) is 0 Å². The van der Waals surface area contributed by atoms with E-state index in [1.165, 1.54) is 32.4 Å². The maximum Gasteiger partial charge on any atom is 0.0489 e. The molecule has 0 aromatic rings. The first-order chi connectivity index (χ1) is 8.63. The number of ether oxygens (including phenoxy) is 1. The highest BCUT2D eigenvalue weighted by atomic mass is 16.5.